The normalized spacial score (nSPS) is 22.0. The zero-order chi connectivity index (χ0) is 21.3. The van der Waals surface area contributed by atoms with Gasteiger partial charge in [-0.15, -0.1) is 0 Å². The molecule has 0 N–H and O–H groups in total. The summed E-state index contributed by atoms with van der Waals surface area (Å²) in [6, 6.07) is 5.26. The summed E-state index contributed by atoms with van der Waals surface area (Å²) in [4.78, 5) is 29.4. The second kappa shape index (κ2) is 8.42. The Kier molecular flexibility index (Phi) is 5.70. The summed E-state index contributed by atoms with van der Waals surface area (Å²) in [5.41, 5.74) is 2.70. The molecule has 0 radical (unpaired) electrons. The van der Waals surface area contributed by atoms with Gasteiger partial charge < -0.3 is 19.1 Å². The van der Waals surface area contributed by atoms with Crippen LogP contribution in [0.1, 0.15) is 43.0 Å². The molecule has 1 saturated heterocycles. The van der Waals surface area contributed by atoms with Gasteiger partial charge in [0.1, 0.15) is 17.6 Å². The fourth-order valence-electron chi connectivity index (χ4n) is 4.52. The first-order valence-corrected chi connectivity index (χ1v) is 10.4. The lowest BCUT2D eigenvalue weighted by Gasteiger charge is -2.43. The zero-order valence-electron chi connectivity index (χ0n) is 17.7. The van der Waals surface area contributed by atoms with Gasteiger partial charge in [0.05, 0.1) is 19.8 Å². The molecule has 1 aliphatic carbocycles. The molecule has 4 rings (SSSR count). The van der Waals surface area contributed by atoms with E-state index in [1.165, 1.54) is 0 Å². The number of allylic oxidation sites excluding steroid dienone is 2. The lowest BCUT2D eigenvalue weighted by molar-refractivity contribution is 0.0454. The van der Waals surface area contributed by atoms with E-state index in [0.717, 1.165) is 24.1 Å². The van der Waals surface area contributed by atoms with Crippen molar-refractivity contribution in [2.24, 2.45) is 0 Å². The van der Waals surface area contributed by atoms with Gasteiger partial charge in [0, 0.05) is 36.5 Å². The number of amides is 2. The summed E-state index contributed by atoms with van der Waals surface area (Å²) in [6.07, 6.45) is 6.97. The Balaban J connectivity index is 1.48. The van der Waals surface area contributed by atoms with Crippen molar-refractivity contribution in [2.75, 3.05) is 27.3 Å². The fourth-order valence-corrected chi connectivity index (χ4v) is 4.52. The minimum absolute atomic E-state index is 0.0447. The monoisotopic (exact) mass is 412 g/mol. The number of methoxy groups -OCH3 is 2. The molecule has 1 unspecified atom stereocenters. The summed E-state index contributed by atoms with van der Waals surface area (Å²) in [6.45, 7) is 3.08. The molecule has 3 aliphatic rings. The number of nitrogens with zero attached hydrogens (tertiary/aromatic N) is 2. The van der Waals surface area contributed by atoms with Gasteiger partial charge in [0.15, 0.2) is 0 Å². The summed E-state index contributed by atoms with van der Waals surface area (Å²) < 4.78 is 16.2. The zero-order valence-corrected chi connectivity index (χ0v) is 17.7. The Morgan fingerprint density at radius 1 is 1.17 bits per heavy atom. The molecular weight excluding hydrogens is 384 g/mol. The van der Waals surface area contributed by atoms with Crippen LogP contribution < -0.4 is 9.47 Å². The van der Waals surface area contributed by atoms with Gasteiger partial charge in [-0.3, -0.25) is 9.69 Å². The van der Waals surface area contributed by atoms with Crippen LogP contribution in [-0.2, 0) is 4.74 Å². The fraction of sp³-hybridized carbons (Fsp3) is 0.478. The van der Waals surface area contributed by atoms with Crippen molar-refractivity contribution >= 4 is 12.0 Å². The molecule has 1 aromatic carbocycles. The van der Waals surface area contributed by atoms with Gasteiger partial charge in [-0.2, -0.15) is 0 Å². The number of rotatable bonds is 4. The highest BCUT2D eigenvalue weighted by Gasteiger charge is 2.38. The second-order valence-electron chi connectivity index (χ2n) is 7.83. The summed E-state index contributed by atoms with van der Waals surface area (Å²) in [5.74, 6) is 1.08. The van der Waals surface area contributed by atoms with Crippen LogP contribution in [0.2, 0.25) is 0 Å². The number of piperidine rings is 1. The number of carbonyl (C=O) groups excluding carboxylic acids is 2. The maximum absolute atomic E-state index is 13.1. The number of hydrogen-bond donors (Lipinski definition) is 0. The lowest BCUT2D eigenvalue weighted by atomic mass is 9.94. The standard InChI is InChI=1S/C23H28N2O5/c1-15-18-6-4-5-7-20(18)25(23(27)30-15)16-10-12-24(13-11-16)22(26)19-9-8-17(28-2)14-21(19)29-3/h4,6,8-9,14-16H,5,7,10-13H2,1-3H3. The van der Waals surface area contributed by atoms with Crippen LogP contribution in [-0.4, -0.2) is 61.3 Å². The van der Waals surface area contributed by atoms with Crippen LogP contribution >= 0.6 is 0 Å². The maximum atomic E-state index is 13.1. The highest BCUT2D eigenvalue weighted by Crippen LogP contribution is 2.35. The van der Waals surface area contributed by atoms with E-state index in [0.29, 0.717) is 43.0 Å². The average Bonchev–Trinajstić information content (AvgIpc) is 2.78. The summed E-state index contributed by atoms with van der Waals surface area (Å²) >= 11 is 0. The number of ether oxygens (including phenoxy) is 3. The SMILES string of the molecule is COc1ccc(C(=O)N2CCC(N3C(=O)OC(C)C4=C3CCC=C4)CC2)c(OC)c1. The molecule has 7 heteroatoms. The highest BCUT2D eigenvalue weighted by atomic mass is 16.6. The third-order valence-corrected chi connectivity index (χ3v) is 6.14. The van der Waals surface area contributed by atoms with Gasteiger partial charge >= 0.3 is 6.09 Å². The molecular formula is C23H28N2O5. The van der Waals surface area contributed by atoms with E-state index in [2.05, 4.69) is 12.2 Å². The van der Waals surface area contributed by atoms with Crippen LogP contribution in [0.15, 0.2) is 41.6 Å². The third-order valence-electron chi connectivity index (χ3n) is 6.14. The molecule has 2 heterocycles. The van der Waals surface area contributed by atoms with E-state index in [-0.39, 0.29) is 24.1 Å². The van der Waals surface area contributed by atoms with E-state index in [1.54, 1.807) is 32.4 Å². The predicted molar refractivity (Wildman–Crippen MR) is 112 cm³/mol. The average molecular weight is 412 g/mol. The number of likely N-dealkylation sites (tertiary alicyclic amines) is 1. The van der Waals surface area contributed by atoms with Gasteiger partial charge in [-0.05, 0) is 44.7 Å². The number of hydrogen-bond acceptors (Lipinski definition) is 5. The van der Waals surface area contributed by atoms with E-state index in [1.807, 2.05) is 16.7 Å². The first-order chi connectivity index (χ1) is 14.5. The molecule has 0 bridgehead atoms. The van der Waals surface area contributed by atoms with E-state index in [4.69, 9.17) is 14.2 Å². The Morgan fingerprint density at radius 2 is 1.93 bits per heavy atom. The van der Waals surface area contributed by atoms with Gasteiger partial charge in [0.2, 0.25) is 0 Å². The first-order valence-electron chi connectivity index (χ1n) is 10.4. The molecule has 1 fully saturated rings. The van der Waals surface area contributed by atoms with Gasteiger partial charge in [0.25, 0.3) is 5.91 Å². The van der Waals surface area contributed by atoms with E-state index in [9.17, 15) is 9.59 Å². The molecule has 1 atom stereocenters. The number of cyclic esters (lactones) is 1. The number of carbonyl (C=O) groups is 2. The maximum Gasteiger partial charge on any atom is 0.414 e. The van der Waals surface area contributed by atoms with Crippen molar-refractivity contribution in [3.8, 4) is 11.5 Å². The van der Waals surface area contributed by atoms with Crippen molar-refractivity contribution in [2.45, 2.75) is 44.8 Å². The Morgan fingerprint density at radius 3 is 2.63 bits per heavy atom. The Bertz CT molecular complexity index is 899. The molecule has 0 saturated carbocycles. The van der Waals surface area contributed by atoms with Crippen molar-refractivity contribution < 1.29 is 23.8 Å². The molecule has 1 aromatic rings. The van der Waals surface area contributed by atoms with Crippen molar-refractivity contribution in [1.29, 1.82) is 0 Å². The molecule has 0 aromatic heterocycles. The summed E-state index contributed by atoms with van der Waals surface area (Å²) in [5, 5.41) is 0. The predicted octanol–water partition coefficient (Wildman–Crippen LogP) is 3.75. The Labute approximate surface area is 176 Å². The third kappa shape index (κ3) is 3.64. The van der Waals surface area contributed by atoms with Crippen LogP contribution in [0.3, 0.4) is 0 Å². The van der Waals surface area contributed by atoms with E-state index >= 15 is 0 Å². The minimum Gasteiger partial charge on any atom is -0.497 e. The first kappa shape index (κ1) is 20.3. The second-order valence-corrected chi connectivity index (χ2v) is 7.83. The minimum atomic E-state index is -0.266. The van der Waals surface area contributed by atoms with Gasteiger partial charge in [-0.25, -0.2) is 4.79 Å². The highest BCUT2D eigenvalue weighted by molar-refractivity contribution is 5.97. The van der Waals surface area contributed by atoms with Crippen LogP contribution in [0, 0.1) is 0 Å². The molecule has 160 valence electrons. The molecule has 2 aliphatic heterocycles. The topological polar surface area (TPSA) is 68.3 Å². The van der Waals surface area contributed by atoms with Gasteiger partial charge in [-0.1, -0.05) is 12.2 Å². The van der Waals surface area contributed by atoms with Crippen LogP contribution in [0.4, 0.5) is 4.79 Å². The van der Waals surface area contributed by atoms with E-state index < -0.39 is 0 Å². The molecule has 0 spiro atoms. The largest absolute Gasteiger partial charge is 0.497 e. The Hall–Kier alpha value is -2.96. The lowest BCUT2D eigenvalue weighted by Crippen LogP contribution is -2.51. The van der Waals surface area contributed by atoms with Crippen molar-refractivity contribution in [3.63, 3.8) is 0 Å². The molecule has 2 amide bonds. The van der Waals surface area contributed by atoms with Crippen LogP contribution in [0.5, 0.6) is 11.5 Å². The van der Waals surface area contributed by atoms with Crippen molar-refractivity contribution in [3.05, 3.63) is 47.2 Å². The van der Waals surface area contributed by atoms with Crippen LogP contribution in [0.25, 0.3) is 0 Å². The quantitative estimate of drug-likeness (QED) is 0.753. The smallest absolute Gasteiger partial charge is 0.414 e. The number of benzene rings is 1. The molecule has 30 heavy (non-hydrogen) atoms. The molecule has 7 nitrogen and oxygen atoms in total. The van der Waals surface area contributed by atoms with Crippen molar-refractivity contribution in [1.82, 2.24) is 9.80 Å². The summed E-state index contributed by atoms with van der Waals surface area (Å²) in [7, 11) is 3.13.